The summed E-state index contributed by atoms with van der Waals surface area (Å²) in [7, 11) is 0. The van der Waals surface area contributed by atoms with Crippen LogP contribution in [0, 0.1) is 30.9 Å². The minimum Gasteiger partial charge on any atom is -0.478 e. The molecular formula is C20H25NO4. The van der Waals surface area contributed by atoms with E-state index in [0.717, 1.165) is 28.7 Å². The average Bonchev–Trinajstić information content (AvgIpc) is 2.45. The molecule has 0 saturated heterocycles. The molecule has 1 aromatic rings. The van der Waals surface area contributed by atoms with Gasteiger partial charge in [-0.3, -0.25) is 10.1 Å². The summed E-state index contributed by atoms with van der Waals surface area (Å²) < 4.78 is 0. The van der Waals surface area contributed by atoms with Crippen LogP contribution in [0.3, 0.4) is 0 Å². The van der Waals surface area contributed by atoms with Crippen molar-refractivity contribution in [3.05, 3.63) is 67.8 Å². The van der Waals surface area contributed by atoms with Gasteiger partial charge in [0.1, 0.15) is 0 Å². The van der Waals surface area contributed by atoms with Gasteiger partial charge in [0.25, 0.3) is 5.69 Å². The molecule has 0 unspecified atom stereocenters. The lowest BCUT2D eigenvalue weighted by atomic mass is 9.96. The fourth-order valence-electron chi connectivity index (χ4n) is 2.82. The van der Waals surface area contributed by atoms with Crippen molar-refractivity contribution in [3.63, 3.8) is 0 Å². The molecule has 0 aliphatic rings. The number of hydrogen-bond donors (Lipinski definition) is 1. The van der Waals surface area contributed by atoms with Crippen LogP contribution in [-0.4, -0.2) is 16.0 Å². The van der Waals surface area contributed by atoms with Crippen molar-refractivity contribution in [1.29, 1.82) is 0 Å². The van der Waals surface area contributed by atoms with Crippen LogP contribution in [0.2, 0.25) is 0 Å². The highest BCUT2D eigenvalue weighted by molar-refractivity contribution is 5.80. The molecule has 0 bridgehead atoms. The Kier molecular flexibility index (Phi) is 7.30. The molecule has 5 nitrogen and oxygen atoms in total. The summed E-state index contributed by atoms with van der Waals surface area (Å²) in [5.41, 5.74) is 5.24. The Balaban J connectivity index is 2.95. The first-order chi connectivity index (χ1) is 11.6. The molecular weight excluding hydrogens is 318 g/mol. The predicted molar refractivity (Wildman–Crippen MR) is 101 cm³/mol. The summed E-state index contributed by atoms with van der Waals surface area (Å²) in [6.07, 6.45) is 8.52. The molecule has 0 fully saturated rings. The number of carboxylic acid groups (broad SMARTS) is 1. The zero-order chi connectivity index (χ0) is 19.1. The minimum absolute atomic E-state index is 0.168. The summed E-state index contributed by atoms with van der Waals surface area (Å²) in [6.45, 7) is 9.23. The van der Waals surface area contributed by atoms with E-state index in [-0.39, 0.29) is 10.6 Å². The van der Waals surface area contributed by atoms with Gasteiger partial charge in [0.05, 0.1) is 4.92 Å². The quantitative estimate of drug-likeness (QED) is 0.316. The van der Waals surface area contributed by atoms with Crippen molar-refractivity contribution in [2.75, 3.05) is 0 Å². The van der Waals surface area contributed by atoms with Gasteiger partial charge in [-0.15, -0.1) is 0 Å². The molecule has 0 amide bonds. The standard InChI is InChI=1S/C20H25NO4/c1-13(7-6-8-14(2)11-19(22)23)9-10-18-15(3)12-16(4)20(17(18)5)21(24)25/h7,9-12H,6,8H2,1-5H3,(H,22,23). The number of allylic oxidation sites excluding steroid dienone is 4. The second-order valence-corrected chi connectivity index (χ2v) is 6.30. The van der Waals surface area contributed by atoms with E-state index in [1.54, 1.807) is 20.8 Å². The van der Waals surface area contributed by atoms with Crippen LogP contribution >= 0.6 is 0 Å². The maximum atomic E-state index is 11.2. The zero-order valence-corrected chi connectivity index (χ0v) is 15.4. The first-order valence-electron chi connectivity index (χ1n) is 8.13. The Morgan fingerprint density at radius 3 is 2.44 bits per heavy atom. The number of nitro benzene ring substituents is 1. The topological polar surface area (TPSA) is 80.4 Å². The molecule has 1 N–H and O–H groups in total. The zero-order valence-electron chi connectivity index (χ0n) is 15.4. The van der Waals surface area contributed by atoms with E-state index in [2.05, 4.69) is 0 Å². The number of nitrogens with zero attached hydrogens (tertiary/aromatic N) is 1. The maximum absolute atomic E-state index is 11.2. The molecule has 1 rings (SSSR count). The Bertz CT molecular complexity index is 770. The third-order valence-electron chi connectivity index (χ3n) is 4.06. The van der Waals surface area contributed by atoms with Gasteiger partial charge in [-0.05, 0) is 64.7 Å². The number of nitro groups is 1. The van der Waals surface area contributed by atoms with E-state index in [4.69, 9.17) is 5.11 Å². The molecule has 1 aromatic carbocycles. The first-order valence-corrected chi connectivity index (χ1v) is 8.13. The highest BCUT2D eigenvalue weighted by Crippen LogP contribution is 2.29. The van der Waals surface area contributed by atoms with Crippen LogP contribution in [0.15, 0.2) is 35.4 Å². The summed E-state index contributed by atoms with van der Waals surface area (Å²) in [5, 5.41) is 19.9. The van der Waals surface area contributed by atoms with Gasteiger partial charge in [-0.25, -0.2) is 4.79 Å². The number of carbonyl (C=O) groups is 1. The van der Waals surface area contributed by atoms with Crippen LogP contribution in [-0.2, 0) is 4.79 Å². The SMILES string of the molecule is CC(C=Cc1c(C)cc(C)c([N+](=O)[O-])c1C)=CCCC(C)=CC(=O)O. The van der Waals surface area contributed by atoms with E-state index >= 15 is 0 Å². The van der Waals surface area contributed by atoms with Crippen molar-refractivity contribution in [3.8, 4) is 0 Å². The lowest BCUT2D eigenvalue weighted by Crippen LogP contribution is -1.99. The van der Waals surface area contributed by atoms with Crippen LogP contribution < -0.4 is 0 Å². The van der Waals surface area contributed by atoms with Gasteiger partial charge in [0.15, 0.2) is 0 Å². The number of benzene rings is 1. The average molecular weight is 343 g/mol. The smallest absolute Gasteiger partial charge is 0.328 e. The van der Waals surface area contributed by atoms with Crippen LogP contribution in [0.1, 0.15) is 48.9 Å². The van der Waals surface area contributed by atoms with Crippen molar-refractivity contribution in [1.82, 2.24) is 0 Å². The molecule has 0 heterocycles. The van der Waals surface area contributed by atoms with Crippen LogP contribution in [0.5, 0.6) is 0 Å². The number of aliphatic carboxylic acids is 1. The molecule has 0 aromatic heterocycles. The van der Waals surface area contributed by atoms with Crippen molar-refractivity contribution in [2.24, 2.45) is 0 Å². The minimum atomic E-state index is -0.926. The second-order valence-electron chi connectivity index (χ2n) is 6.30. The summed E-state index contributed by atoms with van der Waals surface area (Å²) >= 11 is 0. The van der Waals surface area contributed by atoms with Crippen LogP contribution in [0.25, 0.3) is 6.08 Å². The van der Waals surface area contributed by atoms with Crippen molar-refractivity contribution < 1.29 is 14.8 Å². The molecule has 134 valence electrons. The molecule has 0 aliphatic heterocycles. The monoisotopic (exact) mass is 343 g/mol. The number of carboxylic acids is 1. The Hall–Kier alpha value is -2.69. The molecule has 0 spiro atoms. The van der Waals surface area contributed by atoms with E-state index in [0.29, 0.717) is 17.5 Å². The number of hydrogen-bond acceptors (Lipinski definition) is 3. The van der Waals surface area contributed by atoms with Gasteiger partial charge < -0.3 is 5.11 Å². The third-order valence-corrected chi connectivity index (χ3v) is 4.06. The summed E-state index contributed by atoms with van der Waals surface area (Å²) in [4.78, 5) is 21.5. The largest absolute Gasteiger partial charge is 0.478 e. The lowest BCUT2D eigenvalue weighted by molar-refractivity contribution is -0.386. The second kappa shape index (κ2) is 8.97. The highest BCUT2D eigenvalue weighted by Gasteiger charge is 2.18. The Morgan fingerprint density at radius 1 is 1.24 bits per heavy atom. The van der Waals surface area contributed by atoms with Crippen molar-refractivity contribution >= 4 is 17.7 Å². The number of rotatable bonds is 7. The van der Waals surface area contributed by atoms with E-state index in [1.807, 2.05) is 38.1 Å². The Morgan fingerprint density at radius 2 is 1.88 bits per heavy atom. The molecule has 0 radical (unpaired) electrons. The summed E-state index contributed by atoms with van der Waals surface area (Å²) in [6, 6.07) is 1.84. The van der Waals surface area contributed by atoms with Gasteiger partial charge >= 0.3 is 5.97 Å². The van der Waals surface area contributed by atoms with Gasteiger partial charge in [-0.1, -0.05) is 29.4 Å². The molecule has 0 atom stereocenters. The predicted octanol–water partition coefficient (Wildman–Crippen LogP) is 5.29. The fraction of sp³-hybridized carbons (Fsp3) is 0.350. The van der Waals surface area contributed by atoms with Gasteiger partial charge in [-0.2, -0.15) is 0 Å². The van der Waals surface area contributed by atoms with Gasteiger partial charge in [0, 0.05) is 17.2 Å². The maximum Gasteiger partial charge on any atom is 0.328 e. The highest BCUT2D eigenvalue weighted by atomic mass is 16.6. The molecule has 25 heavy (non-hydrogen) atoms. The third kappa shape index (κ3) is 6.03. The first kappa shape index (κ1) is 20.4. The molecule has 5 heteroatoms. The normalized spacial score (nSPS) is 12.7. The van der Waals surface area contributed by atoms with Gasteiger partial charge in [0.2, 0.25) is 0 Å². The summed E-state index contributed by atoms with van der Waals surface area (Å²) in [5.74, 6) is -0.926. The number of aryl methyl sites for hydroxylation is 2. The lowest BCUT2D eigenvalue weighted by Gasteiger charge is -2.09. The van der Waals surface area contributed by atoms with Crippen LogP contribution in [0.4, 0.5) is 5.69 Å². The Labute approximate surface area is 148 Å². The van der Waals surface area contributed by atoms with E-state index < -0.39 is 5.97 Å². The fourth-order valence-corrected chi connectivity index (χ4v) is 2.82. The molecule has 0 saturated carbocycles. The van der Waals surface area contributed by atoms with E-state index in [1.165, 1.54) is 6.08 Å². The van der Waals surface area contributed by atoms with Crippen molar-refractivity contribution in [2.45, 2.75) is 47.5 Å². The van der Waals surface area contributed by atoms with E-state index in [9.17, 15) is 14.9 Å². The molecule has 0 aliphatic carbocycles.